The third-order valence-corrected chi connectivity index (χ3v) is 3.14. The van der Waals surface area contributed by atoms with E-state index in [1.54, 1.807) is 12.1 Å². The van der Waals surface area contributed by atoms with Gasteiger partial charge in [-0.3, -0.25) is 4.79 Å². The molecule has 1 aliphatic heterocycles. The van der Waals surface area contributed by atoms with Gasteiger partial charge >= 0.3 is 0 Å². The topological polar surface area (TPSA) is 116 Å². The van der Waals surface area contributed by atoms with Gasteiger partial charge in [0.15, 0.2) is 6.29 Å². The smallest absolute Gasteiger partial charge is 0.229 e. The van der Waals surface area contributed by atoms with E-state index in [4.69, 9.17) is 14.6 Å². The fourth-order valence-electron chi connectivity index (χ4n) is 1.98. The Morgan fingerprint density at radius 3 is 2.50 bits per heavy atom. The summed E-state index contributed by atoms with van der Waals surface area (Å²) in [6.07, 6.45) is -6.24. The molecule has 1 aromatic rings. The number of aliphatic hydroxyl groups is 4. The Kier molecular flexibility index (Phi) is 4.69. The van der Waals surface area contributed by atoms with Crippen molar-refractivity contribution in [3.63, 3.8) is 0 Å². The lowest BCUT2D eigenvalue weighted by Gasteiger charge is -2.39. The molecular formula is C13H16O7. The fraction of sp³-hybridized carbons (Fsp3) is 0.462. The molecule has 7 heteroatoms. The molecule has 1 saturated heterocycles. The Morgan fingerprint density at radius 1 is 1.15 bits per heavy atom. The van der Waals surface area contributed by atoms with Crippen LogP contribution in [0, 0.1) is 0 Å². The molecule has 110 valence electrons. The number of ether oxygens (including phenoxy) is 2. The van der Waals surface area contributed by atoms with E-state index in [2.05, 4.69) is 0 Å². The van der Waals surface area contributed by atoms with Crippen LogP contribution < -0.4 is 4.74 Å². The third kappa shape index (κ3) is 2.82. The molecule has 0 aliphatic carbocycles. The van der Waals surface area contributed by atoms with Crippen LogP contribution in [0.15, 0.2) is 24.3 Å². The quantitative estimate of drug-likeness (QED) is 0.507. The Balaban J connectivity index is 2.17. The highest BCUT2D eigenvalue weighted by Crippen LogP contribution is 2.25. The van der Waals surface area contributed by atoms with Crippen LogP contribution in [-0.2, 0) is 4.74 Å². The van der Waals surface area contributed by atoms with Crippen molar-refractivity contribution in [1.29, 1.82) is 0 Å². The van der Waals surface area contributed by atoms with E-state index in [1.807, 2.05) is 0 Å². The van der Waals surface area contributed by atoms with Gasteiger partial charge in [-0.05, 0) is 12.1 Å². The van der Waals surface area contributed by atoms with Crippen molar-refractivity contribution in [3.8, 4) is 5.75 Å². The summed E-state index contributed by atoms with van der Waals surface area (Å²) in [4.78, 5) is 10.9. The number of carbonyl (C=O) groups is 1. The number of hydrogen-bond donors (Lipinski definition) is 4. The van der Waals surface area contributed by atoms with Gasteiger partial charge in [-0.1, -0.05) is 12.1 Å². The highest BCUT2D eigenvalue weighted by Gasteiger charge is 2.44. The second kappa shape index (κ2) is 6.29. The fourth-order valence-corrected chi connectivity index (χ4v) is 1.98. The number of aliphatic hydroxyl groups excluding tert-OH is 4. The summed E-state index contributed by atoms with van der Waals surface area (Å²) in [5.41, 5.74) is 0.254. The van der Waals surface area contributed by atoms with E-state index in [-0.39, 0.29) is 11.3 Å². The van der Waals surface area contributed by atoms with Crippen LogP contribution in [0.2, 0.25) is 0 Å². The summed E-state index contributed by atoms with van der Waals surface area (Å²) >= 11 is 0. The number of hydrogen-bond acceptors (Lipinski definition) is 7. The van der Waals surface area contributed by atoms with Crippen LogP contribution in [0.1, 0.15) is 10.4 Å². The number of benzene rings is 1. The lowest BCUT2D eigenvalue weighted by molar-refractivity contribution is -0.277. The van der Waals surface area contributed by atoms with E-state index in [0.717, 1.165) is 0 Å². The van der Waals surface area contributed by atoms with E-state index in [0.29, 0.717) is 6.29 Å². The van der Waals surface area contributed by atoms with Crippen molar-refractivity contribution in [1.82, 2.24) is 0 Å². The van der Waals surface area contributed by atoms with Crippen molar-refractivity contribution < 1.29 is 34.7 Å². The van der Waals surface area contributed by atoms with Crippen molar-refractivity contribution in [2.45, 2.75) is 30.7 Å². The second-order valence-electron chi connectivity index (χ2n) is 4.47. The Labute approximate surface area is 115 Å². The maximum absolute atomic E-state index is 10.9. The van der Waals surface area contributed by atoms with Gasteiger partial charge in [0.25, 0.3) is 0 Å². The zero-order valence-electron chi connectivity index (χ0n) is 10.5. The molecule has 0 saturated carbocycles. The first-order chi connectivity index (χ1) is 9.58. The van der Waals surface area contributed by atoms with Crippen LogP contribution in [0.5, 0.6) is 5.75 Å². The van der Waals surface area contributed by atoms with E-state index >= 15 is 0 Å². The minimum absolute atomic E-state index is 0.173. The highest BCUT2D eigenvalue weighted by molar-refractivity contribution is 5.79. The molecule has 0 radical (unpaired) electrons. The number of carbonyl (C=O) groups excluding carboxylic acids is 1. The van der Waals surface area contributed by atoms with Crippen molar-refractivity contribution in [2.24, 2.45) is 0 Å². The first-order valence-electron chi connectivity index (χ1n) is 6.10. The molecule has 1 unspecified atom stereocenters. The monoisotopic (exact) mass is 284 g/mol. The van der Waals surface area contributed by atoms with Crippen molar-refractivity contribution >= 4 is 6.29 Å². The minimum atomic E-state index is -1.52. The zero-order valence-corrected chi connectivity index (χ0v) is 10.5. The summed E-state index contributed by atoms with van der Waals surface area (Å²) in [5.74, 6) is 0.173. The SMILES string of the molecule is O=Cc1ccccc1OC1O[C@H](CO)[C@H](O)[C@H](O)[C@H]1O. The Hall–Kier alpha value is -1.51. The molecule has 0 spiro atoms. The Morgan fingerprint density at radius 2 is 1.85 bits per heavy atom. The maximum atomic E-state index is 10.9. The molecule has 20 heavy (non-hydrogen) atoms. The van der Waals surface area contributed by atoms with Gasteiger partial charge in [-0.15, -0.1) is 0 Å². The zero-order chi connectivity index (χ0) is 14.7. The summed E-state index contributed by atoms with van der Waals surface area (Å²) in [5, 5.41) is 38.1. The molecule has 5 atom stereocenters. The molecule has 4 N–H and O–H groups in total. The molecule has 1 fully saturated rings. The van der Waals surface area contributed by atoms with Crippen LogP contribution >= 0.6 is 0 Å². The van der Waals surface area contributed by atoms with Gasteiger partial charge in [0, 0.05) is 0 Å². The van der Waals surface area contributed by atoms with Crippen LogP contribution in [0.3, 0.4) is 0 Å². The standard InChI is InChI=1S/C13H16O7/c14-5-7-3-1-2-4-8(7)19-13-12(18)11(17)10(16)9(6-15)20-13/h1-5,9-13,15-18H,6H2/t9-,10+,11+,12-,13?/m1/s1. The maximum Gasteiger partial charge on any atom is 0.229 e. The van der Waals surface area contributed by atoms with E-state index < -0.39 is 37.3 Å². The largest absolute Gasteiger partial charge is 0.461 e. The first-order valence-corrected chi connectivity index (χ1v) is 6.10. The average Bonchev–Trinajstić information content (AvgIpc) is 2.48. The van der Waals surface area contributed by atoms with Crippen molar-refractivity contribution in [3.05, 3.63) is 29.8 Å². The molecule has 0 aromatic heterocycles. The molecule has 1 aliphatic rings. The minimum Gasteiger partial charge on any atom is -0.461 e. The molecule has 0 bridgehead atoms. The van der Waals surface area contributed by atoms with Gasteiger partial charge in [-0.2, -0.15) is 0 Å². The number of para-hydroxylation sites is 1. The summed E-state index contributed by atoms with van der Waals surface area (Å²) in [6, 6.07) is 6.30. The summed E-state index contributed by atoms with van der Waals surface area (Å²) in [6.45, 7) is -0.542. The number of rotatable bonds is 4. The Bertz CT molecular complexity index is 462. The predicted octanol–water partition coefficient (Wildman–Crippen LogP) is -1.32. The molecule has 1 heterocycles. The lowest BCUT2D eigenvalue weighted by atomic mass is 9.99. The predicted molar refractivity (Wildman–Crippen MR) is 66.2 cm³/mol. The average molecular weight is 284 g/mol. The first kappa shape index (κ1) is 14.9. The van der Waals surface area contributed by atoms with Gasteiger partial charge in [-0.25, -0.2) is 0 Å². The van der Waals surface area contributed by atoms with E-state index in [9.17, 15) is 20.1 Å². The van der Waals surface area contributed by atoms with Gasteiger partial charge < -0.3 is 29.9 Å². The van der Waals surface area contributed by atoms with Gasteiger partial charge in [0.2, 0.25) is 6.29 Å². The second-order valence-corrected chi connectivity index (χ2v) is 4.47. The van der Waals surface area contributed by atoms with Crippen molar-refractivity contribution in [2.75, 3.05) is 6.61 Å². The lowest BCUT2D eigenvalue weighted by Crippen LogP contribution is -2.60. The third-order valence-electron chi connectivity index (χ3n) is 3.14. The van der Waals surface area contributed by atoms with Gasteiger partial charge in [0.1, 0.15) is 30.2 Å². The molecule has 2 rings (SSSR count). The van der Waals surface area contributed by atoms with Crippen LogP contribution in [0.25, 0.3) is 0 Å². The normalized spacial score (nSPS) is 33.7. The van der Waals surface area contributed by atoms with Crippen LogP contribution in [0.4, 0.5) is 0 Å². The summed E-state index contributed by atoms with van der Waals surface area (Å²) < 4.78 is 10.5. The number of aldehydes is 1. The van der Waals surface area contributed by atoms with Gasteiger partial charge in [0.05, 0.1) is 12.2 Å². The van der Waals surface area contributed by atoms with Crippen LogP contribution in [-0.4, -0.2) is 64.0 Å². The molecule has 0 amide bonds. The highest BCUT2D eigenvalue weighted by atomic mass is 16.7. The molecular weight excluding hydrogens is 268 g/mol. The molecule has 1 aromatic carbocycles. The summed E-state index contributed by atoms with van der Waals surface area (Å²) in [7, 11) is 0. The molecule has 7 nitrogen and oxygen atoms in total. The van der Waals surface area contributed by atoms with E-state index in [1.165, 1.54) is 12.1 Å².